The first-order valence-corrected chi connectivity index (χ1v) is 9.94. The molecule has 0 aliphatic carbocycles. The van der Waals surface area contributed by atoms with Crippen molar-refractivity contribution < 1.29 is 17.6 Å². The van der Waals surface area contributed by atoms with Crippen LogP contribution in [0.5, 0.6) is 0 Å². The first-order valence-electron chi connectivity index (χ1n) is 8.10. The van der Waals surface area contributed by atoms with Gasteiger partial charge < -0.3 is 10.2 Å². The van der Waals surface area contributed by atoms with Crippen LogP contribution in [0.15, 0.2) is 24.3 Å². The Morgan fingerprint density at radius 3 is 2.42 bits per heavy atom. The summed E-state index contributed by atoms with van der Waals surface area (Å²) in [5.74, 6) is -0.361. The van der Waals surface area contributed by atoms with E-state index in [9.17, 15) is 17.6 Å². The van der Waals surface area contributed by atoms with Gasteiger partial charge in [-0.15, -0.1) is 0 Å². The molecule has 0 unspecified atom stereocenters. The number of carbonyl (C=O) groups excluding carboxylic acids is 1. The van der Waals surface area contributed by atoms with E-state index in [1.807, 2.05) is 0 Å². The van der Waals surface area contributed by atoms with Gasteiger partial charge in [0, 0.05) is 25.3 Å². The zero-order chi connectivity index (χ0) is 17.4. The Morgan fingerprint density at radius 1 is 1.17 bits per heavy atom. The van der Waals surface area contributed by atoms with Gasteiger partial charge in [-0.05, 0) is 49.9 Å². The lowest BCUT2D eigenvalue weighted by molar-refractivity contribution is 0.109. The molecule has 2 amide bonds. The number of anilines is 1. The van der Waals surface area contributed by atoms with Crippen molar-refractivity contribution in [2.24, 2.45) is 0 Å². The normalized spacial score (nSPS) is 25.2. The Bertz CT molecular complexity index is 723. The van der Waals surface area contributed by atoms with Crippen LogP contribution in [0.1, 0.15) is 25.7 Å². The van der Waals surface area contributed by atoms with Gasteiger partial charge in [0.25, 0.3) is 0 Å². The van der Waals surface area contributed by atoms with E-state index in [4.69, 9.17) is 0 Å². The number of carbonyl (C=O) groups is 1. The summed E-state index contributed by atoms with van der Waals surface area (Å²) in [5, 5.41) is 2.75. The van der Waals surface area contributed by atoms with Crippen LogP contribution in [-0.2, 0) is 10.0 Å². The molecule has 1 aromatic rings. The number of nitrogens with one attached hydrogen (secondary N) is 1. The zero-order valence-electron chi connectivity index (χ0n) is 13.7. The summed E-state index contributed by atoms with van der Waals surface area (Å²) in [6.45, 7) is 1.51. The first-order chi connectivity index (χ1) is 11.3. The second-order valence-corrected chi connectivity index (χ2v) is 8.53. The fourth-order valence-electron chi connectivity index (χ4n) is 3.86. The fourth-order valence-corrected chi connectivity index (χ4v) is 5.26. The molecule has 1 atom stereocenters. The molecule has 1 N–H and O–H groups in total. The topological polar surface area (TPSA) is 69.7 Å². The third kappa shape index (κ3) is 3.39. The number of amides is 2. The third-order valence-electron chi connectivity index (χ3n) is 4.87. The molecule has 132 valence electrons. The zero-order valence-corrected chi connectivity index (χ0v) is 14.5. The van der Waals surface area contributed by atoms with Crippen LogP contribution in [0.4, 0.5) is 14.9 Å². The molecule has 0 aromatic heterocycles. The van der Waals surface area contributed by atoms with Crippen molar-refractivity contribution in [3.63, 3.8) is 0 Å². The molecule has 3 rings (SSSR count). The molecule has 8 heteroatoms. The fraction of sp³-hybridized carbons (Fsp3) is 0.562. The van der Waals surface area contributed by atoms with Crippen LogP contribution < -0.4 is 5.32 Å². The Morgan fingerprint density at radius 2 is 1.79 bits per heavy atom. The molecule has 6 nitrogen and oxygen atoms in total. The Kier molecular flexibility index (Phi) is 4.52. The van der Waals surface area contributed by atoms with Crippen molar-refractivity contribution in [2.75, 3.05) is 31.2 Å². The Labute approximate surface area is 141 Å². The molecule has 0 saturated carbocycles. The van der Waals surface area contributed by atoms with E-state index >= 15 is 0 Å². The van der Waals surface area contributed by atoms with E-state index in [1.165, 1.54) is 30.5 Å². The maximum absolute atomic E-state index is 12.9. The molecule has 2 saturated heterocycles. The predicted octanol–water partition coefficient (Wildman–Crippen LogP) is 2.25. The second kappa shape index (κ2) is 6.33. The van der Waals surface area contributed by atoms with Crippen LogP contribution in [-0.4, -0.2) is 55.1 Å². The maximum Gasteiger partial charge on any atom is 0.321 e. The molecule has 1 aromatic carbocycles. The van der Waals surface area contributed by atoms with Gasteiger partial charge in [-0.1, -0.05) is 0 Å². The van der Waals surface area contributed by atoms with Crippen molar-refractivity contribution in [3.05, 3.63) is 30.1 Å². The van der Waals surface area contributed by atoms with E-state index in [1.54, 1.807) is 9.21 Å². The summed E-state index contributed by atoms with van der Waals surface area (Å²) in [7, 11) is -3.29. The van der Waals surface area contributed by atoms with Crippen molar-refractivity contribution in [1.82, 2.24) is 9.21 Å². The summed E-state index contributed by atoms with van der Waals surface area (Å²) < 4.78 is 38.7. The quantitative estimate of drug-likeness (QED) is 0.885. The number of benzene rings is 1. The van der Waals surface area contributed by atoms with E-state index in [-0.39, 0.29) is 11.8 Å². The summed E-state index contributed by atoms with van der Waals surface area (Å²) in [6, 6.07) is 5.31. The number of sulfonamides is 1. The molecule has 2 fully saturated rings. The molecule has 0 radical (unpaired) electrons. The monoisotopic (exact) mass is 355 g/mol. The van der Waals surface area contributed by atoms with Crippen LogP contribution in [0, 0.1) is 5.82 Å². The van der Waals surface area contributed by atoms with Crippen LogP contribution in [0.2, 0.25) is 0 Å². The Balaban J connectivity index is 1.73. The van der Waals surface area contributed by atoms with Gasteiger partial charge in [0.2, 0.25) is 10.0 Å². The van der Waals surface area contributed by atoms with Crippen molar-refractivity contribution in [2.45, 2.75) is 31.2 Å². The highest BCUT2D eigenvalue weighted by molar-refractivity contribution is 7.88. The molecule has 2 heterocycles. The number of likely N-dealkylation sites (tertiary alicyclic amines) is 1. The SMILES string of the molecule is CS(=O)(=O)N1CCC[C@@]12CCCN(C(=O)Nc1ccc(F)cc1)C2. The van der Waals surface area contributed by atoms with Gasteiger partial charge in [0.05, 0.1) is 11.8 Å². The summed E-state index contributed by atoms with van der Waals surface area (Å²) in [5.41, 5.74) is 0.0406. The summed E-state index contributed by atoms with van der Waals surface area (Å²) in [4.78, 5) is 14.2. The maximum atomic E-state index is 12.9. The predicted molar refractivity (Wildman–Crippen MR) is 89.7 cm³/mol. The highest BCUT2D eigenvalue weighted by atomic mass is 32.2. The highest BCUT2D eigenvalue weighted by Gasteiger charge is 2.48. The van der Waals surface area contributed by atoms with E-state index in [0.717, 1.165) is 25.7 Å². The lowest BCUT2D eigenvalue weighted by Gasteiger charge is -2.44. The van der Waals surface area contributed by atoms with Crippen molar-refractivity contribution >= 4 is 21.7 Å². The second-order valence-electron chi connectivity index (χ2n) is 6.63. The smallest absolute Gasteiger partial charge is 0.321 e. The number of hydrogen-bond acceptors (Lipinski definition) is 3. The first kappa shape index (κ1) is 17.2. The van der Waals surface area contributed by atoms with E-state index < -0.39 is 15.6 Å². The van der Waals surface area contributed by atoms with E-state index in [2.05, 4.69) is 5.32 Å². The van der Waals surface area contributed by atoms with Crippen LogP contribution in [0.3, 0.4) is 0 Å². The number of hydrogen-bond donors (Lipinski definition) is 1. The number of nitrogens with zero attached hydrogens (tertiary/aromatic N) is 2. The summed E-state index contributed by atoms with van der Waals surface area (Å²) >= 11 is 0. The van der Waals surface area contributed by atoms with E-state index in [0.29, 0.717) is 25.3 Å². The highest BCUT2D eigenvalue weighted by Crippen LogP contribution is 2.38. The number of urea groups is 1. The minimum atomic E-state index is -3.29. The van der Waals surface area contributed by atoms with Gasteiger partial charge in [-0.25, -0.2) is 17.6 Å². The standard InChI is InChI=1S/C16H22FN3O3S/c1-24(22,23)20-11-3-9-16(20)8-2-10-19(12-16)15(21)18-14-6-4-13(17)5-7-14/h4-7H,2-3,8-12H2,1H3,(H,18,21)/t16-/m1/s1. The number of piperidine rings is 1. The average Bonchev–Trinajstić information content (AvgIpc) is 2.92. The molecular weight excluding hydrogens is 333 g/mol. The number of halogens is 1. The van der Waals surface area contributed by atoms with Gasteiger partial charge in [-0.2, -0.15) is 4.31 Å². The molecule has 2 aliphatic rings. The number of rotatable bonds is 2. The summed E-state index contributed by atoms with van der Waals surface area (Å²) in [6.07, 6.45) is 4.38. The van der Waals surface area contributed by atoms with Gasteiger partial charge in [0.1, 0.15) is 5.82 Å². The molecule has 1 spiro atoms. The minimum absolute atomic E-state index is 0.277. The largest absolute Gasteiger partial charge is 0.323 e. The Hall–Kier alpha value is -1.67. The molecule has 2 aliphatic heterocycles. The van der Waals surface area contributed by atoms with Crippen LogP contribution >= 0.6 is 0 Å². The minimum Gasteiger partial charge on any atom is -0.323 e. The van der Waals surface area contributed by atoms with Crippen molar-refractivity contribution in [3.8, 4) is 0 Å². The van der Waals surface area contributed by atoms with Crippen LogP contribution in [0.25, 0.3) is 0 Å². The molecule has 0 bridgehead atoms. The average molecular weight is 355 g/mol. The van der Waals surface area contributed by atoms with Gasteiger partial charge >= 0.3 is 6.03 Å². The molecular formula is C16H22FN3O3S. The van der Waals surface area contributed by atoms with Gasteiger partial charge in [-0.3, -0.25) is 0 Å². The third-order valence-corrected chi connectivity index (χ3v) is 6.24. The van der Waals surface area contributed by atoms with Crippen molar-refractivity contribution in [1.29, 1.82) is 0 Å². The lowest BCUT2D eigenvalue weighted by atomic mass is 9.88. The van der Waals surface area contributed by atoms with Gasteiger partial charge in [0.15, 0.2) is 0 Å². The molecule has 24 heavy (non-hydrogen) atoms. The lowest BCUT2D eigenvalue weighted by Crippen LogP contribution is -2.58.